The van der Waals surface area contributed by atoms with Gasteiger partial charge >= 0.3 is 5.97 Å². The first-order valence-corrected chi connectivity index (χ1v) is 9.83. The number of ether oxygens (including phenoxy) is 1. The predicted octanol–water partition coefficient (Wildman–Crippen LogP) is 3.84. The van der Waals surface area contributed by atoms with Crippen LogP contribution >= 0.6 is 0 Å². The second-order valence-electron chi connectivity index (χ2n) is 7.88. The molecule has 4 heterocycles. The standard InChI is InChI=1S/C20H23N9O2/c1-6-31-19(30)13-11-22-28(14-9-7-8-10-21-14)17(13)25-24-15-16(20(3,4)5)27-29-18(15)23-12(2)26-29/h7-11,27H,6H2,1-5H3. The molecule has 4 rings (SSSR count). The minimum atomic E-state index is -0.535. The summed E-state index contributed by atoms with van der Waals surface area (Å²) in [4.78, 5) is 21.2. The van der Waals surface area contributed by atoms with Crippen molar-refractivity contribution in [3.63, 3.8) is 0 Å². The maximum absolute atomic E-state index is 12.5. The largest absolute Gasteiger partial charge is 0.462 e. The molecule has 0 spiro atoms. The van der Waals surface area contributed by atoms with Crippen LogP contribution in [0.5, 0.6) is 0 Å². The number of carbonyl (C=O) groups is 1. The van der Waals surface area contributed by atoms with Gasteiger partial charge in [-0.05, 0) is 26.0 Å². The molecule has 0 aromatic carbocycles. The highest BCUT2D eigenvalue weighted by Crippen LogP contribution is 2.35. The summed E-state index contributed by atoms with van der Waals surface area (Å²) in [6.45, 7) is 9.91. The molecule has 0 saturated carbocycles. The van der Waals surface area contributed by atoms with Gasteiger partial charge in [-0.1, -0.05) is 26.8 Å². The number of H-pyrrole nitrogens is 1. The summed E-state index contributed by atoms with van der Waals surface area (Å²) in [6.07, 6.45) is 3.04. The topological polar surface area (TPSA) is 128 Å². The highest BCUT2D eigenvalue weighted by atomic mass is 16.5. The maximum Gasteiger partial charge on any atom is 0.343 e. The van der Waals surface area contributed by atoms with E-state index in [-0.39, 0.29) is 23.4 Å². The number of esters is 1. The Morgan fingerprint density at radius 1 is 1.26 bits per heavy atom. The van der Waals surface area contributed by atoms with Crippen LogP contribution < -0.4 is 0 Å². The van der Waals surface area contributed by atoms with Crippen molar-refractivity contribution in [2.45, 2.75) is 40.0 Å². The molecule has 11 heteroatoms. The van der Waals surface area contributed by atoms with Crippen LogP contribution in [0, 0.1) is 6.92 Å². The van der Waals surface area contributed by atoms with Crippen LogP contribution in [0.15, 0.2) is 40.8 Å². The summed E-state index contributed by atoms with van der Waals surface area (Å²) in [6, 6.07) is 5.37. The van der Waals surface area contributed by atoms with E-state index in [0.29, 0.717) is 23.0 Å². The van der Waals surface area contributed by atoms with Gasteiger partial charge in [-0.15, -0.1) is 15.3 Å². The third-order valence-electron chi connectivity index (χ3n) is 4.48. The number of nitrogens with one attached hydrogen (secondary N) is 1. The SMILES string of the molecule is CCOC(=O)c1cnn(-c2ccccn2)c1N=Nc1c(C(C)(C)C)[nH]n2nc(C)nc12. The Morgan fingerprint density at radius 3 is 2.74 bits per heavy atom. The van der Waals surface area contributed by atoms with E-state index < -0.39 is 5.97 Å². The molecule has 11 nitrogen and oxygen atoms in total. The molecule has 0 aliphatic rings. The molecule has 0 bridgehead atoms. The Kier molecular flexibility index (Phi) is 5.09. The number of pyridine rings is 1. The van der Waals surface area contributed by atoms with E-state index in [0.717, 1.165) is 5.69 Å². The molecular formula is C20H23N9O2. The zero-order valence-electron chi connectivity index (χ0n) is 18.0. The third kappa shape index (κ3) is 3.81. The molecule has 160 valence electrons. The van der Waals surface area contributed by atoms with Crippen molar-refractivity contribution in [2.75, 3.05) is 6.61 Å². The number of carbonyl (C=O) groups excluding carboxylic acids is 1. The minimum absolute atomic E-state index is 0.192. The number of aromatic nitrogens is 7. The fourth-order valence-corrected chi connectivity index (χ4v) is 3.07. The maximum atomic E-state index is 12.5. The van der Waals surface area contributed by atoms with E-state index in [4.69, 9.17) is 4.74 Å². The highest BCUT2D eigenvalue weighted by molar-refractivity contribution is 5.94. The molecule has 0 aliphatic carbocycles. The van der Waals surface area contributed by atoms with E-state index in [1.165, 1.54) is 10.9 Å². The van der Waals surface area contributed by atoms with Crippen molar-refractivity contribution in [2.24, 2.45) is 10.2 Å². The molecule has 31 heavy (non-hydrogen) atoms. The number of rotatable bonds is 5. The second kappa shape index (κ2) is 7.74. The molecule has 0 amide bonds. The smallest absolute Gasteiger partial charge is 0.343 e. The summed E-state index contributed by atoms with van der Waals surface area (Å²) in [5.74, 6) is 0.786. The number of hydrogen-bond donors (Lipinski definition) is 1. The number of fused-ring (bicyclic) bond motifs is 1. The molecule has 4 aromatic rings. The van der Waals surface area contributed by atoms with Crippen LogP contribution in [0.4, 0.5) is 11.5 Å². The van der Waals surface area contributed by atoms with Gasteiger partial charge < -0.3 is 4.74 Å². The number of hydrogen-bond acceptors (Lipinski definition) is 8. The quantitative estimate of drug-likeness (QED) is 0.385. The first-order chi connectivity index (χ1) is 14.8. The Hall–Kier alpha value is -3.89. The monoisotopic (exact) mass is 421 g/mol. The lowest BCUT2D eigenvalue weighted by Crippen LogP contribution is -2.12. The lowest BCUT2D eigenvalue weighted by Gasteiger charge is -2.16. The highest BCUT2D eigenvalue weighted by Gasteiger charge is 2.26. The van der Waals surface area contributed by atoms with E-state index in [1.807, 2.05) is 26.8 Å². The van der Waals surface area contributed by atoms with Gasteiger partial charge in [0.05, 0.1) is 18.5 Å². The Bertz CT molecular complexity index is 1260. The van der Waals surface area contributed by atoms with E-state index in [9.17, 15) is 4.79 Å². The average molecular weight is 421 g/mol. The van der Waals surface area contributed by atoms with Gasteiger partial charge in [-0.25, -0.2) is 14.8 Å². The molecule has 0 unspecified atom stereocenters. The Balaban J connectivity index is 1.87. The molecule has 0 radical (unpaired) electrons. The number of nitrogens with zero attached hydrogens (tertiary/aromatic N) is 8. The van der Waals surface area contributed by atoms with Crippen molar-refractivity contribution < 1.29 is 9.53 Å². The average Bonchev–Trinajstić information content (AvgIpc) is 3.39. The second-order valence-corrected chi connectivity index (χ2v) is 7.88. The van der Waals surface area contributed by atoms with E-state index in [1.54, 1.807) is 36.8 Å². The van der Waals surface area contributed by atoms with E-state index >= 15 is 0 Å². The van der Waals surface area contributed by atoms with Crippen LogP contribution in [0.2, 0.25) is 0 Å². The zero-order chi connectivity index (χ0) is 22.2. The minimum Gasteiger partial charge on any atom is -0.462 e. The summed E-state index contributed by atoms with van der Waals surface area (Å²) in [5.41, 5.74) is 1.82. The molecule has 0 saturated heterocycles. The van der Waals surface area contributed by atoms with Gasteiger partial charge in [0.2, 0.25) is 5.65 Å². The van der Waals surface area contributed by atoms with Gasteiger partial charge in [-0.2, -0.15) is 14.4 Å². The fraction of sp³-hybridized carbons (Fsp3) is 0.350. The third-order valence-corrected chi connectivity index (χ3v) is 4.48. The first kappa shape index (κ1) is 20.4. The van der Waals surface area contributed by atoms with Gasteiger partial charge in [-0.3, -0.25) is 5.10 Å². The van der Waals surface area contributed by atoms with Gasteiger partial charge in [0.25, 0.3) is 0 Å². The molecule has 4 aromatic heterocycles. The van der Waals surface area contributed by atoms with Gasteiger partial charge in [0.1, 0.15) is 11.4 Å². The molecule has 0 atom stereocenters. The van der Waals surface area contributed by atoms with Crippen molar-refractivity contribution in [1.82, 2.24) is 34.6 Å². The van der Waals surface area contributed by atoms with Gasteiger partial charge in [0, 0.05) is 11.6 Å². The van der Waals surface area contributed by atoms with Crippen LogP contribution in [0.3, 0.4) is 0 Å². The zero-order valence-corrected chi connectivity index (χ0v) is 18.0. The van der Waals surface area contributed by atoms with Gasteiger partial charge in [0.15, 0.2) is 17.3 Å². The Labute approximate surface area is 178 Å². The number of aromatic amines is 1. The van der Waals surface area contributed by atoms with Crippen LogP contribution in [0.1, 0.15) is 49.6 Å². The summed E-state index contributed by atoms with van der Waals surface area (Å²) < 4.78 is 8.19. The van der Waals surface area contributed by atoms with Crippen LogP contribution in [0.25, 0.3) is 11.5 Å². The normalized spacial score (nSPS) is 12.2. The van der Waals surface area contributed by atoms with Crippen LogP contribution in [-0.2, 0) is 10.2 Å². The van der Waals surface area contributed by atoms with Crippen molar-refractivity contribution in [1.29, 1.82) is 0 Å². The molecular weight excluding hydrogens is 398 g/mol. The van der Waals surface area contributed by atoms with Crippen molar-refractivity contribution >= 4 is 23.1 Å². The first-order valence-electron chi connectivity index (χ1n) is 9.83. The summed E-state index contributed by atoms with van der Waals surface area (Å²) in [7, 11) is 0. The summed E-state index contributed by atoms with van der Waals surface area (Å²) in [5, 5.41) is 20.7. The van der Waals surface area contributed by atoms with Crippen molar-refractivity contribution in [3.05, 3.63) is 47.7 Å². The number of aryl methyl sites for hydroxylation is 1. The number of azo groups is 1. The Morgan fingerprint density at radius 2 is 2.06 bits per heavy atom. The fourth-order valence-electron chi connectivity index (χ4n) is 3.07. The molecule has 0 aliphatic heterocycles. The molecule has 0 fully saturated rings. The lowest BCUT2D eigenvalue weighted by atomic mass is 9.91. The van der Waals surface area contributed by atoms with E-state index in [2.05, 4.69) is 35.5 Å². The summed E-state index contributed by atoms with van der Waals surface area (Å²) >= 11 is 0. The predicted molar refractivity (Wildman–Crippen MR) is 112 cm³/mol. The van der Waals surface area contributed by atoms with Crippen molar-refractivity contribution in [3.8, 4) is 5.82 Å². The lowest BCUT2D eigenvalue weighted by molar-refractivity contribution is 0.0527. The van der Waals surface area contributed by atoms with Crippen LogP contribution in [-0.4, -0.2) is 47.2 Å². The molecule has 1 N–H and O–H groups in total.